The SMILES string of the molecule is Cc1cscc1C(=O)N1CCN(c2nc(C)c(C)s2)CC1. The fourth-order valence-electron chi connectivity index (χ4n) is 2.44. The molecule has 0 aromatic carbocycles. The Morgan fingerprint density at radius 3 is 2.38 bits per heavy atom. The Balaban J connectivity index is 1.65. The van der Waals surface area contributed by atoms with Gasteiger partial charge in [0.1, 0.15) is 0 Å². The Morgan fingerprint density at radius 2 is 1.86 bits per heavy atom. The topological polar surface area (TPSA) is 36.4 Å². The molecule has 21 heavy (non-hydrogen) atoms. The average molecular weight is 321 g/mol. The summed E-state index contributed by atoms with van der Waals surface area (Å²) in [7, 11) is 0. The Kier molecular flexibility index (Phi) is 3.99. The lowest BCUT2D eigenvalue weighted by Crippen LogP contribution is -2.48. The smallest absolute Gasteiger partial charge is 0.255 e. The highest BCUT2D eigenvalue weighted by molar-refractivity contribution is 7.15. The number of aromatic nitrogens is 1. The van der Waals surface area contributed by atoms with Crippen LogP contribution >= 0.6 is 22.7 Å². The van der Waals surface area contributed by atoms with Crippen LogP contribution in [0.1, 0.15) is 26.5 Å². The molecule has 1 amide bonds. The molecule has 0 unspecified atom stereocenters. The van der Waals surface area contributed by atoms with Gasteiger partial charge in [0.05, 0.1) is 11.3 Å². The molecule has 0 atom stereocenters. The third-order valence-electron chi connectivity index (χ3n) is 3.94. The van der Waals surface area contributed by atoms with Crippen molar-refractivity contribution in [1.29, 1.82) is 0 Å². The molecule has 0 radical (unpaired) electrons. The number of thiophene rings is 1. The molecule has 4 nitrogen and oxygen atoms in total. The zero-order chi connectivity index (χ0) is 15.0. The van der Waals surface area contributed by atoms with Crippen molar-refractivity contribution in [3.63, 3.8) is 0 Å². The van der Waals surface area contributed by atoms with Crippen molar-refractivity contribution in [1.82, 2.24) is 9.88 Å². The standard InChI is InChI=1S/C15H19N3OS2/c1-10-8-20-9-13(10)14(19)17-4-6-18(7-5-17)15-16-11(2)12(3)21-15/h8-9H,4-7H2,1-3H3. The van der Waals surface area contributed by atoms with Gasteiger partial charge < -0.3 is 9.80 Å². The zero-order valence-corrected chi connectivity index (χ0v) is 14.2. The van der Waals surface area contributed by atoms with E-state index in [-0.39, 0.29) is 5.91 Å². The minimum Gasteiger partial charge on any atom is -0.345 e. The van der Waals surface area contributed by atoms with E-state index in [4.69, 9.17) is 0 Å². The lowest BCUT2D eigenvalue weighted by Gasteiger charge is -2.34. The second-order valence-corrected chi connectivity index (χ2v) is 7.31. The number of carbonyl (C=O) groups excluding carboxylic acids is 1. The molecule has 1 aliphatic rings. The molecule has 0 aliphatic carbocycles. The third-order valence-corrected chi connectivity index (χ3v) is 5.94. The fourth-order valence-corrected chi connectivity index (χ4v) is 4.23. The van der Waals surface area contributed by atoms with Gasteiger partial charge in [0.15, 0.2) is 5.13 Å². The lowest BCUT2D eigenvalue weighted by molar-refractivity contribution is 0.0746. The van der Waals surface area contributed by atoms with E-state index in [0.29, 0.717) is 0 Å². The first-order chi connectivity index (χ1) is 10.1. The number of hydrogen-bond donors (Lipinski definition) is 0. The summed E-state index contributed by atoms with van der Waals surface area (Å²) < 4.78 is 0. The van der Waals surface area contributed by atoms with Gasteiger partial charge in [0.2, 0.25) is 0 Å². The summed E-state index contributed by atoms with van der Waals surface area (Å²) in [6.45, 7) is 9.42. The maximum atomic E-state index is 12.5. The van der Waals surface area contributed by atoms with Crippen LogP contribution in [0.3, 0.4) is 0 Å². The molecule has 2 aromatic heterocycles. The van der Waals surface area contributed by atoms with Gasteiger partial charge in [-0.2, -0.15) is 11.3 Å². The summed E-state index contributed by atoms with van der Waals surface area (Å²) in [5.74, 6) is 0.167. The van der Waals surface area contributed by atoms with Crippen molar-refractivity contribution >= 4 is 33.7 Å². The van der Waals surface area contributed by atoms with Crippen LogP contribution in [0.5, 0.6) is 0 Å². The van der Waals surface area contributed by atoms with Crippen molar-refractivity contribution in [2.24, 2.45) is 0 Å². The number of amides is 1. The number of aryl methyl sites for hydroxylation is 3. The van der Waals surface area contributed by atoms with Crippen LogP contribution in [0.4, 0.5) is 5.13 Å². The molecule has 2 aromatic rings. The van der Waals surface area contributed by atoms with E-state index < -0.39 is 0 Å². The van der Waals surface area contributed by atoms with Crippen molar-refractivity contribution in [3.8, 4) is 0 Å². The predicted molar refractivity (Wildman–Crippen MR) is 88.8 cm³/mol. The Hall–Kier alpha value is -1.40. The summed E-state index contributed by atoms with van der Waals surface area (Å²) in [6, 6.07) is 0. The van der Waals surface area contributed by atoms with Crippen molar-refractivity contribution in [2.75, 3.05) is 31.1 Å². The second-order valence-electron chi connectivity index (χ2n) is 5.39. The maximum absolute atomic E-state index is 12.5. The zero-order valence-electron chi connectivity index (χ0n) is 12.5. The fraction of sp³-hybridized carbons (Fsp3) is 0.467. The molecular weight excluding hydrogens is 302 g/mol. The number of carbonyl (C=O) groups is 1. The first-order valence-electron chi connectivity index (χ1n) is 7.07. The molecule has 0 bridgehead atoms. The van der Waals surface area contributed by atoms with Gasteiger partial charge in [-0.05, 0) is 31.7 Å². The van der Waals surface area contributed by atoms with E-state index >= 15 is 0 Å². The van der Waals surface area contributed by atoms with E-state index in [1.54, 1.807) is 22.7 Å². The highest BCUT2D eigenvalue weighted by Gasteiger charge is 2.24. The number of nitrogens with zero attached hydrogens (tertiary/aromatic N) is 3. The van der Waals surface area contributed by atoms with Crippen LogP contribution < -0.4 is 4.90 Å². The minimum absolute atomic E-state index is 0.167. The lowest BCUT2D eigenvalue weighted by atomic mass is 10.2. The molecule has 3 rings (SSSR count). The van der Waals surface area contributed by atoms with Crippen LogP contribution in [0.25, 0.3) is 0 Å². The highest BCUT2D eigenvalue weighted by Crippen LogP contribution is 2.26. The number of hydrogen-bond acceptors (Lipinski definition) is 5. The summed E-state index contributed by atoms with van der Waals surface area (Å²) >= 11 is 3.34. The van der Waals surface area contributed by atoms with E-state index in [2.05, 4.69) is 23.7 Å². The van der Waals surface area contributed by atoms with Gasteiger partial charge in [-0.3, -0.25) is 4.79 Å². The third kappa shape index (κ3) is 2.82. The van der Waals surface area contributed by atoms with Gasteiger partial charge in [-0.15, -0.1) is 11.3 Å². The normalized spacial score (nSPS) is 15.6. The number of thiazole rings is 1. The van der Waals surface area contributed by atoms with Crippen LogP contribution in [-0.4, -0.2) is 42.0 Å². The van der Waals surface area contributed by atoms with Gasteiger partial charge >= 0.3 is 0 Å². The van der Waals surface area contributed by atoms with Gasteiger partial charge in [-0.25, -0.2) is 4.98 Å². The molecule has 1 saturated heterocycles. The highest BCUT2D eigenvalue weighted by atomic mass is 32.1. The number of anilines is 1. The first kappa shape index (κ1) is 14.5. The van der Waals surface area contributed by atoms with Crippen molar-refractivity contribution < 1.29 is 4.79 Å². The summed E-state index contributed by atoms with van der Waals surface area (Å²) in [5.41, 5.74) is 3.05. The molecule has 0 saturated carbocycles. The number of rotatable bonds is 2. The Morgan fingerprint density at radius 1 is 1.14 bits per heavy atom. The molecule has 112 valence electrons. The van der Waals surface area contributed by atoms with Crippen LogP contribution in [0.2, 0.25) is 0 Å². The molecule has 1 fully saturated rings. The Bertz CT molecular complexity index is 634. The number of piperazine rings is 1. The minimum atomic E-state index is 0.167. The van der Waals surface area contributed by atoms with E-state index in [1.807, 2.05) is 22.6 Å². The van der Waals surface area contributed by atoms with Crippen molar-refractivity contribution in [2.45, 2.75) is 20.8 Å². The summed E-state index contributed by atoms with van der Waals surface area (Å²) in [4.78, 5) is 22.6. The van der Waals surface area contributed by atoms with Crippen LogP contribution in [0.15, 0.2) is 10.8 Å². The molecular formula is C15H19N3OS2. The summed E-state index contributed by atoms with van der Waals surface area (Å²) in [6.07, 6.45) is 0. The van der Waals surface area contributed by atoms with Crippen molar-refractivity contribution in [3.05, 3.63) is 32.5 Å². The van der Waals surface area contributed by atoms with Gasteiger partial charge in [0.25, 0.3) is 5.91 Å². The monoisotopic (exact) mass is 321 g/mol. The largest absolute Gasteiger partial charge is 0.345 e. The maximum Gasteiger partial charge on any atom is 0.255 e. The van der Waals surface area contributed by atoms with Crippen LogP contribution in [0, 0.1) is 20.8 Å². The van der Waals surface area contributed by atoms with E-state index in [9.17, 15) is 4.79 Å². The van der Waals surface area contributed by atoms with E-state index in [0.717, 1.165) is 48.1 Å². The van der Waals surface area contributed by atoms with Gasteiger partial charge in [0, 0.05) is 36.4 Å². The molecule has 0 N–H and O–H groups in total. The Labute approximate surface area is 133 Å². The molecule has 3 heterocycles. The van der Waals surface area contributed by atoms with E-state index in [1.165, 1.54) is 4.88 Å². The first-order valence-corrected chi connectivity index (χ1v) is 8.83. The predicted octanol–water partition coefficient (Wildman–Crippen LogP) is 3.09. The second kappa shape index (κ2) is 5.77. The summed E-state index contributed by atoms with van der Waals surface area (Å²) in [5, 5.41) is 5.08. The van der Waals surface area contributed by atoms with Gasteiger partial charge in [-0.1, -0.05) is 0 Å². The molecule has 0 spiro atoms. The molecule has 1 aliphatic heterocycles. The quantitative estimate of drug-likeness (QED) is 0.853. The average Bonchev–Trinajstić information content (AvgIpc) is 3.05. The van der Waals surface area contributed by atoms with Crippen LogP contribution in [-0.2, 0) is 0 Å². The molecule has 6 heteroatoms.